The van der Waals surface area contributed by atoms with E-state index < -0.39 is 0 Å². The second-order valence-electron chi connectivity index (χ2n) is 6.29. The number of aryl methyl sites for hydroxylation is 1. The summed E-state index contributed by atoms with van der Waals surface area (Å²) in [5, 5.41) is 25.1. The summed E-state index contributed by atoms with van der Waals surface area (Å²) in [7, 11) is 0. The lowest BCUT2D eigenvalue weighted by atomic mass is 10.2. The van der Waals surface area contributed by atoms with Gasteiger partial charge in [0.05, 0.1) is 19.4 Å². The first kappa shape index (κ1) is 19.6. The number of rotatable bonds is 11. The van der Waals surface area contributed by atoms with E-state index in [9.17, 15) is 0 Å². The molecule has 0 fully saturated rings. The highest BCUT2D eigenvalue weighted by molar-refractivity contribution is 8.01. The molecule has 4 rings (SSSR count). The number of hydrogen-bond donors (Lipinski definition) is 1. The molecule has 3 heterocycles. The molecule has 0 amide bonds. The van der Waals surface area contributed by atoms with E-state index in [1.165, 1.54) is 0 Å². The van der Waals surface area contributed by atoms with E-state index in [2.05, 4.69) is 30.9 Å². The van der Waals surface area contributed by atoms with Gasteiger partial charge < -0.3 is 9.73 Å². The molecule has 8 nitrogen and oxygen atoms in total. The highest BCUT2D eigenvalue weighted by atomic mass is 32.2. The zero-order chi connectivity index (χ0) is 19.7. The SMILES string of the molecule is c1ccc(-c2nnn(CCCCCSc3nnc(NCc4ccco4)s3)n2)cc1. The van der Waals surface area contributed by atoms with Crippen LogP contribution in [0.1, 0.15) is 25.0 Å². The lowest BCUT2D eigenvalue weighted by molar-refractivity contribution is 0.487. The van der Waals surface area contributed by atoms with Crippen LogP contribution in [0.5, 0.6) is 0 Å². The predicted octanol–water partition coefficient (Wildman–Crippen LogP) is 4.36. The minimum atomic E-state index is 0.620. The third-order valence-electron chi connectivity index (χ3n) is 4.11. The monoisotopic (exact) mass is 427 g/mol. The number of nitrogens with zero attached hydrogens (tertiary/aromatic N) is 6. The van der Waals surface area contributed by atoms with Crippen LogP contribution >= 0.6 is 23.1 Å². The highest BCUT2D eigenvalue weighted by Crippen LogP contribution is 2.26. The van der Waals surface area contributed by atoms with E-state index in [4.69, 9.17) is 4.42 Å². The Balaban J connectivity index is 1.11. The fraction of sp³-hybridized carbons (Fsp3) is 0.316. The molecule has 4 aromatic rings. The van der Waals surface area contributed by atoms with Crippen molar-refractivity contribution in [2.45, 2.75) is 36.7 Å². The van der Waals surface area contributed by atoms with Crippen molar-refractivity contribution in [2.75, 3.05) is 11.1 Å². The summed E-state index contributed by atoms with van der Waals surface area (Å²) >= 11 is 3.31. The third-order valence-corrected chi connectivity index (χ3v) is 6.21. The molecule has 1 N–H and O–H groups in total. The smallest absolute Gasteiger partial charge is 0.206 e. The second kappa shape index (κ2) is 10.2. The van der Waals surface area contributed by atoms with Gasteiger partial charge in [-0.2, -0.15) is 4.80 Å². The summed E-state index contributed by atoms with van der Waals surface area (Å²) < 4.78 is 6.28. The van der Waals surface area contributed by atoms with Crippen molar-refractivity contribution in [3.05, 3.63) is 54.5 Å². The van der Waals surface area contributed by atoms with Gasteiger partial charge in [0.15, 0.2) is 4.34 Å². The van der Waals surface area contributed by atoms with Gasteiger partial charge >= 0.3 is 0 Å². The molecule has 0 aliphatic heterocycles. The van der Waals surface area contributed by atoms with E-state index >= 15 is 0 Å². The van der Waals surface area contributed by atoms with Crippen LogP contribution in [-0.2, 0) is 13.1 Å². The zero-order valence-electron chi connectivity index (χ0n) is 15.8. The Morgan fingerprint density at radius 3 is 2.79 bits per heavy atom. The molecule has 29 heavy (non-hydrogen) atoms. The minimum Gasteiger partial charge on any atom is -0.467 e. The van der Waals surface area contributed by atoms with Crippen molar-refractivity contribution < 1.29 is 4.42 Å². The minimum absolute atomic E-state index is 0.620. The fourth-order valence-electron chi connectivity index (χ4n) is 2.65. The molecule has 0 spiro atoms. The van der Waals surface area contributed by atoms with Gasteiger partial charge in [0.1, 0.15) is 5.76 Å². The van der Waals surface area contributed by atoms with Crippen LogP contribution in [0.2, 0.25) is 0 Å². The van der Waals surface area contributed by atoms with Gasteiger partial charge in [-0.3, -0.25) is 0 Å². The largest absolute Gasteiger partial charge is 0.467 e. The molecule has 0 saturated heterocycles. The topological polar surface area (TPSA) is 94.5 Å². The van der Waals surface area contributed by atoms with Crippen LogP contribution in [0.4, 0.5) is 5.13 Å². The highest BCUT2D eigenvalue weighted by Gasteiger charge is 2.06. The molecule has 0 saturated carbocycles. The molecule has 0 unspecified atom stereocenters. The van der Waals surface area contributed by atoms with Crippen molar-refractivity contribution in [3.8, 4) is 11.4 Å². The lowest BCUT2D eigenvalue weighted by Gasteiger charge is -1.99. The molecule has 1 aromatic carbocycles. The number of hydrogen-bond acceptors (Lipinski definition) is 9. The number of thioether (sulfide) groups is 1. The Hall–Kier alpha value is -2.72. The van der Waals surface area contributed by atoms with Gasteiger partial charge in [-0.25, -0.2) is 0 Å². The third kappa shape index (κ3) is 5.88. The Labute approximate surface area is 176 Å². The summed E-state index contributed by atoms with van der Waals surface area (Å²) in [6, 6.07) is 13.7. The maximum atomic E-state index is 5.29. The molecular weight excluding hydrogens is 406 g/mol. The van der Waals surface area contributed by atoms with Crippen LogP contribution in [-0.4, -0.2) is 36.2 Å². The van der Waals surface area contributed by atoms with Gasteiger partial charge in [0.2, 0.25) is 11.0 Å². The average Bonchev–Trinajstić information content (AvgIpc) is 3.52. The summed E-state index contributed by atoms with van der Waals surface area (Å²) in [5.41, 5.74) is 0.991. The van der Waals surface area contributed by atoms with Crippen molar-refractivity contribution in [3.63, 3.8) is 0 Å². The van der Waals surface area contributed by atoms with Gasteiger partial charge in [0, 0.05) is 11.3 Å². The Morgan fingerprint density at radius 1 is 1.00 bits per heavy atom. The van der Waals surface area contributed by atoms with Gasteiger partial charge in [-0.15, -0.1) is 20.4 Å². The van der Waals surface area contributed by atoms with Crippen molar-refractivity contribution >= 4 is 28.2 Å². The van der Waals surface area contributed by atoms with E-state index in [1.807, 2.05) is 42.5 Å². The van der Waals surface area contributed by atoms with Crippen LogP contribution < -0.4 is 5.32 Å². The fourth-order valence-corrected chi connectivity index (χ4v) is 4.46. The zero-order valence-corrected chi connectivity index (χ0v) is 17.4. The molecule has 150 valence electrons. The number of furan rings is 1. The van der Waals surface area contributed by atoms with Gasteiger partial charge in [-0.1, -0.05) is 59.9 Å². The molecule has 0 bridgehead atoms. The number of unbranched alkanes of at least 4 members (excludes halogenated alkanes) is 2. The molecule has 0 aliphatic carbocycles. The summed E-state index contributed by atoms with van der Waals surface area (Å²) in [6.45, 7) is 1.40. The molecular formula is C19H21N7OS2. The number of aromatic nitrogens is 6. The maximum Gasteiger partial charge on any atom is 0.206 e. The second-order valence-corrected chi connectivity index (χ2v) is 8.61. The van der Waals surface area contributed by atoms with E-state index in [1.54, 1.807) is 34.2 Å². The quantitative estimate of drug-likeness (QED) is 0.279. The summed E-state index contributed by atoms with van der Waals surface area (Å²) in [4.78, 5) is 1.68. The van der Waals surface area contributed by atoms with Crippen LogP contribution in [0.25, 0.3) is 11.4 Å². The Bertz CT molecular complexity index is 985. The maximum absolute atomic E-state index is 5.29. The number of nitrogens with one attached hydrogen (secondary N) is 1. The lowest BCUT2D eigenvalue weighted by Crippen LogP contribution is -2.02. The van der Waals surface area contributed by atoms with Crippen molar-refractivity contribution in [2.24, 2.45) is 0 Å². The Kier molecular flexibility index (Phi) is 6.87. The standard InChI is InChI=1S/C19H21N7OS2/c1-3-8-15(9-4-1)17-21-25-26(24-17)11-5-2-6-13-28-19-23-22-18(29-19)20-14-16-10-7-12-27-16/h1,3-4,7-10,12H,2,5-6,11,13-14H2,(H,20,22). The van der Waals surface area contributed by atoms with Crippen molar-refractivity contribution in [1.29, 1.82) is 0 Å². The summed E-state index contributed by atoms with van der Waals surface area (Å²) in [6.07, 6.45) is 4.91. The molecule has 0 radical (unpaired) electrons. The number of benzene rings is 1. The van der Waals surface area contributed by atoms with E-state index in [-0.39, 0.29) is 0 Å². The first-order valence-corrected chi connectivity index (χ1v) is 11.2. The number of tetrazole rings is 1. The molecule has 0 aliphatic rings. The molecule has 10 heteroatoms. The molecule has 0 atom stereocenters. The predicted molar refractivity (Wildman–Crippen MR) is 114 cm³/mol. The summed E-state index contributed by atoms with van der Waals surface area (Å²) in [5.74, 6) is 2.58. The van der Waals surface area contributed by atoms with Crippen LogP contribution in [0.3, 0.4) is 0 Å². The van der Waals surface area contributed by atoms with Gasteiger partial charge in [0.25, 0.3) is 0 Å². The normalized spacial score (nSPS) is 11.0. The van der Waals surface area contributed by atoms with Crippen molar-refractivity contribution in [1.82, 2.24) is 30.4 Å². The van der Waals surface area contributed by atoms with Crippen LogP contribution in [0.15, 0.2) is 57.5 Å². The van der Waals surface area contributed by atoms with Gasteiger partial charge in [-0.05, 0) is 30.2 Å². The van der Waals surface area contributed by atoms with Crippen LogP contribution in [0, 0.1) is 0 Å². The first-order chi connectivity index (χ1) is 14.4. The van der Waals surface area contributed by atoms with E-state index in [0.717, 1.165) is 52.4 Å². The average molecular weight is 428 g/mol. The Morgan fingerprint density at radius 2 is 1.93 bits per heavy atom. The van der Waals surface area contributed by atoms with E-state index in [0.29, 0.717) is 12.4 Å². The molecule has 3 aromatic heterocycles. The first-order valence-electron chi connectivity index (χ1n) is 9.42. The number of anilines is 1.